The molecular formula is C16H12BrF3O. The van der Waals surface area contributed by atoms with Gasteiger partial charge in [0.2, 0.25) is 0 Å². The molecule has 0 N–H and O–H groups in total. The molecule has 5 heteroatoms. The van der Waals surface area contributed by atoms with Crippen LogP contribution < -0.4 is 0 Å². The van der Waals surface area contributed by atoms with Gasteiger partial charge in [0.05, 0.1) is 5.56 Å². The first-order chi connectivity index (χ1) is 9.77. The predicted octanol–water partition coefficient (Wildman–Crippen LogP) is 5.20. The normalized spacial score (nSPS) is 11.5. The Hall–Kier alpha value is -1.62. The first-order valence-electron chi connectivity index (χ1n) is 6.23. The van der Waals surface area contributed by atoms with E-state index in [4.69, 9.17) is 0 Å². The van der Waals surface area contributed by atoms with E-state index < -0.39 is 11.7 Å². The van der Waals surface area contributed by atoms with Crippen molar-refractivity contribution in [2.24, 2.45) is 0 Å². The SMILES string of the molecule is Cc1cc(C(F)(F)F)ccc1C(=O)Cc1cccc(Br)c1. The molecule has 0 atom stereocenters. The zero-order valence-corrected chi connectivity index (χ0v) is 12.8. The molecule has 0 saturated carbocycles. The molecule has 1 nitrogen and oxygen atoms in total. The maximum atomic E-state index is 12.6. The summed E-state index contributed by atoms with van der Waals surface area (Å²) in [6, 6.07) is 10.5. The van der Waals surface area contributed by atoms with Crippen LogP contribution in [0.5, 0.6) is 0 Å². The second kappa shape index (κ2) is 6.02. The van der Waals surface area contributed by atoms with Crippen molar-refractivity contribution in [3.63, 3.8) is 0 Å². The number of rotatable bonds is 3. The van der Waals surface area contributed by atoms with E-state index in [-0.39, 0.29) is 12.2 Å². The van der Waals surface area contributed by atoms with E-state index in [0.29, 0.717) is 11.1 Å². The molecule has 0 saturated heterocycles. The number of benzene rings is 2. The first-order valence-corrected chi connectivity index (χ1v) is 7.02. The minimum absolute atomic E-state index is 0.158. The molecule has 0 aromatic heterocycles. The Balaban J connectivity index is 2.24. The van der Waals surface area contributed by atoms with Crippen LogP contribution in [0, 0.1) is 6.92 Å². The van der Waals surface area contributed by atoms with Gasteiger partial charge in [-0.25, -0.2) is 0 Å². The summed E-state index contributed by atoms with van der Waals surface area (Å²) in [5.41, 5.74) is 0.737. The van der Waals surface area contributed by atoms with Crippen LogP contribution in [-0.4, -0.2) is 5.78 Å². The third-order valence-corrected chi connectivity index (χ3v) is 3.60. The average Bonchev–Trinajstić information content (AvgIpc) is 2.37. The maximum absolute atomic E-state index is 12.6. The van der Waals surface area contributed by atoms with Gasteiger partial charge in [0.25, 0.3) is 0 Å². The Morgan fingerprint density at radius 1 is 1.14 bits per heavy atom. The molecule has 0 fully saturated rings. The van der Waals surface area contributed by atoms with Gasteiger partial charge in [-0.1, -0.05) is 34.1 Å². The summed E-state index contributed by atoms with van der Waals surface area (Å²) in [6.07, 6.45) is -4.23. The molecule has 0 unspecified atom stereocenters. The second-order valence-corrected chi connectivity index (χ2v) is 5.67. The Labute approximate surface area is 128 Å². The van der Waals surface area contributed by atoms with E-state index in [1.807, 2.05) is 24.3 Å². The third-order valence-electron chi connectivity index (χ3n) is 3.11. The number of aryl methyl sites for hydroxylation is 1. The number of alkyl halides is 3. The van der Waals surface area contributed by atoms with Crippen LogP contribution in [0.1, 0.15) is 27.0 Å². The summed E-state index contributed by atoms with van der Waals surface area (Å²) in [6.45, 7) is 1.52. The fourth-order valence-electron chi connectivity index (χ4n) is 2.08. The second-order valence-electron chi connectivity index (χ2n) is 4.76. The molecular weight excluding hydrogens is 345 g/mol. The molecule has 0 spiro atoms. The molecule has 0 aliphatic heterocycles. The standard InChI is InChI=1S/C16H12BrF3O/c1-10-7-12(16(18,19)20)5-6-14(10)15(21)9-11-3-2-4-13(17)8-11/h2-8H,9H2,1H3. The molecule has 0 aliphatic rings. The highest BCUT2D eigenvalue weighted by atomic mass is 79.9. The Kier molecular flexibility index (Phi) is 4.52. The van der Waals surface area contributed by atoms with Crippen LogP contribution in [0.2, 0.25) is 0 Å². The van der Waals surface area contributed by atoms with E-state index in [2.05, 4.69) is 15.9 Å². The first kappa shape index (κ1) is 15.8. The summed E-state index contributed by atoms with van der Waals surface area (Å²) < 4.78 is 38.7. The van der Waals surface area contributed by atoms with Crippen molar-refractivity contribution in [2.75, 3.05) is 0 Å². The molecule has 21 heavy (non-hydrogen) atoms. The molecule has 0 amide bonds. The average molecular weight is 357 g/mol. The zero-order valence-electron chi connectivity index (χ0n) is 11.2. The van der Waals surface area contributed by atoms with Gasteiger partial charge >= 0.3 is 6.18 Å². The zero-order chi connectivity index (χ0) is 15.6. The molecule has 2 rings (SSSR count). The fourth-order valence-corrected chi connectivity index (χ4v) is 2.53. The number of halogens is 4. The molecule has 0 aliphatic carbocycles. The van der Waals surface area contributed by atoms with Crippen LogP contribution in [0.3, 0.4) is 0 Å². The van der Waals surface area contributed by atoms with E-state index in [1.54, 1.807) is 0 Å². The van der Waals surface area contributed by atoms with Crippen LogP contribution >= 0.6 is 15.9 Å². The molecule has 0 heterocycles. The largest absolute Gasteiger partial charge is 0.416 e. The summed E-state index contributed by atoms with van der Waals surface area (Å²) >= 11 is 3.32. The van der Waals surface area contributed by atoms with Crippen LogP contribution in [0.25, 0.3) is 0 Å². The summed E-state index contributed by atoms with van der Waals surface area (Å²) in [5.74, 6) is -0.195. The van der Waals surface area contributed by atoms with E-state index in [9.17, 15) is 18.0 Å². The Morgan fingerprint density at radius 2 is 1.86 bits per heavy atom. The summed E-state index contributed by atoms with van der Waals surface area (Å²) in [7, 11) is 0. The molecule has 110 valence electrons. The van der Waals surface area contributed by atoms with Gasteiger partial charge < -0.3 is 0 Å². The van der Waals surface area contributed by atoms with Gasteiger partial charge in [0, 0.05) is 16.5 Å². The van der Waals surface area contributed by atoms with Crippen molar-refractivity contribution in [1.29, 1.82) is 0 Å². The minimum Gasteiger partial charge on any atom is -0.294 e. The monoisotopic (exact) mass is 356 g/mol. The number of Topliss-reactive ketones (excluding diaryl/α,β-unsaturated/α-hetero) is 1. The van der Waals surface area contributed by atoms with Crippen molar-refractivity contribution in [2.45, 2.75) is 19.5 Å². The molecule has 2 aromatic rings. The number of hydrogen-bond donors (Lipinski definition) is 0. The summed E-state index contributed by atoms with van der Waals surface area (Å²) in [4.78, 5) is 12.2. The third kappa shape index (κ3) is 3.94. The smallest absolute Gasteiger partial charge is 0.294 e. The van der Waals surface area contributed by atoms with Gasteiger partial charge in [-0.15, -0.1) is 0 Å². The molecule has 0 bridgehead atoms. The van der Waals surface area contributed by atoms with Gasteiger partial charge in [-0.05, 0) is 42.3 Å². The quantitative estimate of drug-likeness (QED) is 0.690. The van der Waals surface area contributed by atoms with Crippen LogP contribution in [-0.2, 0) is 12.6 Å². The number of hydrogen-bond acceptors (Lipinski definition) is 1. The number of carbonyl (C=O) groups excluding carboxylic acids is 1. The van der Waals surface area contributed by atoms with E-state index >= 15 is 0 Å². The molecule has 2 aromatic carbocycles. The van der Waals surface area contributed by atoms with Gasteiger partial charge in [0.15, 0.2) is 5.78 Å². The van der Waals surface area contributed by atoms with Crippen LogP contribution in [0.4, 0.5) is 13.2 Å². The van der Waals surface area contributed by atoms with Gasteiger partial charge in [-0.3, -0.25) is 4.79 Å². The van der Waals surface area contributed by atoms with Crippen molar-refractivity contribution >= 4 is 21.7 Å². The minimum atomic E-state index is -4.39. The van der Waals surface area contributed by atoms with Crippen LogP contribution in [0.15, 0.2) is 46.9 Å². The lowest BCUT2D eigenvalue weighted by Gasteiger charge is -2.10. The Bertz CT molecular complexity index is 677. The van der Waals surface area contributed by atoms with E-state index in [0.717, 1.165) is 22.2 Å². The number of ketones is 1. The maximum Gasteiger partial charge on any atom is 0.416 e. The predicted molar refractivity (Wildman–Crippen MR) is 78.4 cm³/mol. The topological polar surface area (TPSA) is 17.1 Å². The highest BCUT2D eigenvalue weighted by Gasteiger charge is 2.30. The summed E-state index contributed by atoms with van der Waals surface area (Å²) in [5, 5.41) is 0. The lowest BCUT2D eigenvalue weighted by Crippen LogP contribution is -2.09. The lowest BCUT2D eigenvalue weighted by molar-refractivity contribution is -0.137. The van der Waals surface area contributed by atoms with Gasteiger partial charge in [0.1, 0.15) is 0 Å². The Morgan fingerprint density at radius 3 is 2.43 bits per heavy atom. The van der Waals surface area contributed by atoms with Crippen molar-refractivity contribution in [3.05, 3.63) is 69.2 Å². The van der Waals surface area contributed by atoms with Crippen molar-refractivity contribution in [1.82, 2.24) is 0 Å². The van der Waals surface area contributed by atoms with Crippen molar-refractivity contribution in [3.8, 4) is 0 Å². The number of carbonyl (C=O) groups is 1. The lowest BCUT2D eigenvalue weighted by atomic mass is 9.97. The highest BCUT2D eigenvalue weighted by Crippen LogP contribution is 2.30. The fraction of sp³-hybridized carbons (Fsp3) is 0.188. The van der Waals surface area contributed by atoms with E-state index in [1.165, 1.54) is 13.0 Å². The van der Waals surface area contributed by atoms with Crippen molar-refractivity contribution < 1.29 is 18.0 Å². The highest BCUT2D eigenvalue weighted by molar-refractivity contribution is 9.10. The molecule has 0 radical (unpaired) electrons. The van der Waals surface area contributed by atoms with Gasteiger partial charge in [-0.2, -0.15) is 13.2 Å².